The lowest BCUT2D eigenvalue weighted by Crippen LogP contribution is -2.55. The van der Waals surface area contributed by atoms with Crippen LogP contribution in [0.5, 0.6) is 0 Å². The van der Waals surface area contributed by atoms with Crippen molar-refractivity contribution in [2.24, 2.45) is 17.8 Å². The van der Waals surface area contributed by atoms with Gasteiger partial charge in [-0.2, -0.15) is 0 Å². The Morgan fingerprint density at radius 2 is 1.82 bits per heavy atom. The Morgan fingerprint density at radius 3 is 2.29 bits per heavy atom. The summed E-state index contributed by atoms with van der Waals surface area (Å²) in [5.74, 6) is 0.741. The normalized spacial score (nSPS) is 36.8. The van der Waals surface area contributed by atoms with Crippen LogP contribution in [0.1, 0.15) is 44.9 Å². The lowest BCUT2D eigenvalue weighted by atomic mass is 9.74. The van der Waals surface area contributed by atoms with Crippen LogP contribution in [0.15, 0.2) is 0 Å². The number of carbonyl (C=O) groups excluding carboxylic acids is 1. The third-order valence-corrected chi connectivity index (χ3v) is 4.90. The molecule has 3 aliphatic carbocycles. The lowest BCUT2D eigenvalue weighted by Gasteiger charge is -2.41. The van der Waals surface area contributed by atoms with Gasteiger partial charge in [-0.15, -0.1) is 0 Å². The van der Waals surface area contributed by atoms with Gasteiger partial charge in [-0.25, -0.2) is 0 Å². The van der Waals surface area contributed by atoms with Crippen molar-refractivity contribution in [1.29, 1.82) is 0 Å². The highest BCUT2D eigenvalue weighted by Crippen LogP contribution is 2.57. The number of carboxylic acid groups (broad SMARTS) is 1. The van der Waals surface area contributed by atoms with E-state index in [1.807, 2.05) is 0 Å². The topological polar surface area (TPSA) is 66.4 Å². The highest BCUT2D eigenvalue weighted by Gasteiger charge is 2.57. The van der Waals surface area contributed by atoms with E-state index < -0.39 is 11.5 Å². The summed E-state index contributed by atoms with van der Waals surface area (Å²) in [5.41, 5.74) is -0.417. The minimum atomic E-state index is -0.805. The molecule has 4 nitrogen and oxygen atoms in total. The maximum Gasteiger partial charge on any atom is 0.305 e. The van der Waals surface area contributed by atoms with Crippen molar-refractivity contribution < 1.29 is 14.7 Å². The van der Waals surface area contributed by atoms with Gasteiger partial charge in [-0.1, -0.05) is 6.42 Å². The molecule has 2 atom stereocenters. The molecule has 0 heterocycles. The van der Waals surface area contributed by atoms with Crippen molar-refractivity contribution in [1.82, 2.24) is 5.32 Å². The second kappa shape index (κ2) is 3.72. The predicted octanol–water partition coefficient (Wildman–Crippen LogP) is 1.55. The largest absolute Gasteiger partial charge is 0.481 e. The van der Waals surface area contributed by atoms with Crippen molar-refractivity contribution in [3.63, 3.8) is 0 Å². The zero-order chi connectivity index (χ0) is 12.0. The van der Waals surface area contributed by atoms with E-state index in [9.17, 15) is 9.59 Å². The minimum absolute atomic E-state index is 0.0841. The zero-order valence-corrected chi connectivity index (χ0v) is 9.95. The molecule has 0 aromatic heterocycles. The van der Waals surface area contributed by atoms with Gasteiger partial charge in [0.15, 0.2) is 0 Å². The van der Waals surface area contributed by atoms with E-state index in [2.05, 4.69) is 5.32 Å². The number of aliphatic carboxylic acids is 1. The van der Waals surface area contributed by atoms with Crippen molar-refractivity contribution >= 4 is 11.9 Å². The molecule has 0 radical (unpaired) electrons. The van der Waals surface area contributed by atoms with Crippen LogP contribution in [-0.2, 0) is 9.59 Å². The average Bonchev–Trinajstić information content (AvgIpc) is 2.69. The molecule has 94 valence electrons. The SMILES string of the molecule is O=C(O)CC1(NC(=O)C2C3CCCC32)CCC1. The quantitative estimate of drug-likeness (QED) is 0.779. The number of fused-ring (bicyclic) bond motifs is 1. The fraction of sp³-hybridized carbons (Fsp3) is 0.846. The van der Waals surface area contributed by atoms with E-state index in [-0.39, 0.29) is 18.2 Å². The van der Waals surface area contributed by atoms with Crippen LogP contribution in [0, 0.1) is 17.8 Å². The molecule has 0 spiro atoms. The first-order chi connectivity index (χ1) is 8.11. The predicted molar refractivity (Wildman–Crippen MR) is 61.3 cm³/mol. The molecule has 0 bridgehead atoms. The molecule has 17 heavy (non-hydrogen) atoms. The van der Waals surface area contributed by atoms with Gasteiger partial charge in [-0.05, 0) is 43.9 Å². The van der Waals surface area contributed by atoms with E-state index in [1.54, 1.807) is 0 Å². The molecule has 3 aliphatic rings. The van der Waals surface area contributed by atoms with E-state index in [1.165, 1.54) is 19.3 Å². The summed E-state index contributed by atoms with van der Waals surface area (Å²) in [7, 11) is 0. The number of rotatable bonds is 4. The first kappa shape index (κ1) is 11.1. The molecule has 0 aromatic rings. The summed E-state index contributed by atoms with van der Waals surface area (Å²) >= 11 is 0. The number of nitrogens with one attached hydrogen (secondary N) is 1. The molecule has 2 N–H and O–H groups in total. The summed E-state index contributed by atoms with van der Waals surface area (Å²) in [6.07, 6.45) is 6.41. The van der Waals surface area contributed by atoms with Gasteiger partial charge in [-0.3, -0.25) is 9.59 Å². The Morgan fingerprint density at radius 1 is 1.18 bits per heavy atom. The third-order valence-electron chi connectivity index (χ3n) is 4.90. The fourth-order valence-corrected chi connectivity index (χ4v) is 3.79. The van der Waals surface area contributed by atoms with Crippen LogP contribution in [0.25, 0.3) is 0 Å². The van der Waals surface area contributed by atoms with Gasteiger partial charge < -0.3 is 10.4 Å². The van der Waals surface area contributed by atoms with Crippen LogP contribution in [0.2, 0.25) is 0 Å². The molecule has 1 amide bonds. The van der Waals surface area contributed by atoms with Crippen LogP contribution in [0.4, 0.5) is 0 Å². The number of amides is 1. The second-order valence-electron chi connectivity index (χ2n) is 5.98. The summed E-state index contributed by atoms with van der Waals surface area (Å²) in [5, 5.41) is 11.9. The van der Waals surface area contributed by atoms with Gasteiger partial charge in [0.1, 0.15) is 0 Å². The Hall–Kier alpha value is -1.06. The summed E-state index contributed by atoms with van der Waals surface area (Å²) in [6.45, 7) is 0. The van der Waals surface area contributed by atoms with Gasteiger partial charge in [0.2, 0.25) is 5.91 Å². The van der Waals surface area contributed by atoms with E-state index in [0.29, 0.717) is 11.8 Å². The summed E-state index contributed by atoms with van der Waals surface area (Å²) in [6, 6.07) is 0. The van der Waals surface area contributed by atoms with E-state index >= 15 is 0 Å². The summed E-state index contributed by atoms with van der Waals surface area (Å²) < 4.78 is 0. The zero-order valence-electron chi connectivity index (χ0n) is 9.95. The molecule has 3 saturated carbocycles. The Labute approximate surface area is 101 Å². The van der Waals surface area contributed by atoms with Crippen LogP contribution < -0.4 is 5.32 Å². The molecule has 0 aliphatic heterocycles. The number of carbonyl (C=O) groups is 2. The van der Waals surface area contributed by atoms with Crippen LogP contribution in [0.3, 0.4) is 0 Å². The molecule has 4 heteroatoms. The Balaban J connectivity index is 1.58. The molecular weight excluding hydrogens is 218 g/mol. The van der Waals surface area contributed by atoms with Crippen molar-refractivity contribution in [3.8, 4) is 0 Å². The van der Waals surface area contributed by atoms with E-state index in [0.717, 1.165) is 19.3 Å². The molecular formula is C13H19NO3. The van der Waals surface area contributed by atoms with Gasteiger partial charge in [0.05, 0.1) is 12.0 Å². The average molecular weight is 237 g/mol. The van der Waals surface area contributed by atoms with Crippen molar-refractivity contribution in [2.75, 3.05) is 0 Å². The number of carboxylic acids is 1. The molecule has 3 fully saturated rings. The minimum Gasteiger partial charge on any atom is -0.481 e. The molecule has 0 saturated heterocycles. The highest BCUT2D eigenvalue weighted by atomic mass is 16.4. The van der Waals surface area contributed by atoms with Crippen LogP contribution in [-0.4, -0.2) is 22.5 Å². The van der Waals surface area contributed by atoms with Gasteiger partial charge >= 0.3 is 5.97 Å². The Bertz CT molecular complexity index is 352. The maximum absolute atomic E-state index is 12.1. The standard InChI is InChI=1S/C13H19NO3/c15-10(16)7-13(5-2-6-13)14-12(17)11-8-3-1-4-9(8)11/h8-9,11H,1-7H2,(H,14,17)(H,15,16). The molecule has 0 aromatic carbocycles. The third kappa shape index (κ3) is 1.83. The first-order valence-corrected chi connectivity index (χ1v) is 6.65. The van der Waals surface area contributed by atoms with Gasteiger partial charge in [0, 0.05) is 5.92 Å². The van der Waals surface area contributed by atoms with Crippen molar-refractivity contribution in [3.05, 3.63) is 0 Å². The summed E-state index contributed by atoms with van der Waals surface area (Å²) in [4.78, 5) is 22.9. The number of hydrogen-bond acceptors (Lipinski definition) is 2. The second-order valence-corrected chi connectivity index (χ2v) is 5.98. The monoisotopic (exact) mass is 237 g/mol. The maximum atomic E-state index is 12.1. The lowest BCUT2D eigenvalue weighted by molar-refractivity contribution is -0.140. The molecule has 3 rings (SSSR count). The Kier molecular flexibility index (Phi) is 2.42. The molecule has 2 unspecified atom stereocenters. The highest BCUT2D eigenvalue weighted by molar-refractivity contribution is 5.84. The van der Waals surface area contributed by atoms with Crippen LogP contribution >= 0.6 is 0 Å². The van der Waals surface area contributed by atoms with E-state index in [4.69, 9.17) is 5.11 Å². The van der Waals surface area contributed by atoms with Crippen molar-refractivity contribution in [2.45, 2.75) is 50.5 Å². The number of hydrogen-bond donors (Lipinski definition) is 2. The van der Waals surface area contributed by atoms with Gasteiger partial charge in [0.25, 0.3) is 0 Å². The fourth-order valence-electron chi connectivity index (χ4n) is 3.79. The first-order valence-electron chi connectivity index (χ1n) is 6.65. The smallest absolute Gasteiger partial charge is 0.305 e.